The van der Waals surface area contributed by atoms with Gasteiger partial charge in [-0.25, -0.2) is 9.37 Å². The lowest BCUT2D eigenvalue weighted by Gasteiger charge is -2.04. The molecule has 0 atom stereocenters. The van der Waals surface area contributed by atoms with Crippen molar-refractivity contribution in [3.63, 3.8) is 0 Å². The third-order valence-corrected chi connectivity index (χ3v) is 2.51. The van der Waals surface area contributed by atoms with Gasteiger partial charge >= 0.3 is 6.01 Å². The Morgan fingerprint density at radius 1 is 1.31 bits per heavy atom. The van der Waals surface area contributed by atoms with Gasteiger partial charge in [0.2, 0.25) is 0 Å². The van der Waals surface area contributed by atoms with Crippen LogP contribution in [0.3, 0.4) is 0 Å². The summed E-state index contributed by atoms with van der Waals surface area (Å²) in [4.78, 5) is 7.94. The highest BCUT2D eigenvalue weighted by molar-refractivity contribution is 9.10. The second kappa shape index (κ2) is 4.57. The second-order valence-corrected chi connectivity index (χ2v) is 3.97. The van der Waals surface area contributed by atoms with E-state index in [0.717, 1.165) is 4.47 Å². The molecule has 0 aliphatic rings. The summed E-state index contributed by atoms with van der Waals surface area (Å²) in [5, 5.41) is 0. The maximum Gasteiger partial charge on any atom is 0.316 e. The fraction of sp³-hybridized carbons (Fsp3) is 0.0909. The highest BCUT2D eigenvalue weighted by atomic mass is 79.9. The number of benzene rings is 1. The van der Waals surface area contributed by atoms with E-state index >= 15 is 0 Å². The van der Waals surface area contributed by atoms with Crippen LogP contribution in [0.2, 0.25) is 0 Å². The van der Waals surface area contributed by atoms with Crippen LogP contribution >= 0.6 is 15.9 Å². The minimum atomic E-state index is -0.330. The summed E-state index contributed by atoms with van der Waals surface area (Å²) in [5.41, 5.74) is 0.903. The first-order chi connectivity index (χ1) is 7.70. The molecule has 1 aromatic carbocycles. The van der Waals surface area contributed by atoms with Gasteiger partial charge in [-0.3, -0.25) is 0 Å². The molecule has 0 N–H and O–H groups in total. The summed E-state index contributed by atoms with van der Waals surface area (Å²) in [5.74, 6) is -0.330. The Morgan fingerprint density at radius 3 is 2.88 bits per heavy atom. The van der Waals surface area contributed by atoms with Crippen LogP contribution in [0.25, 0.3) is 11.3 Å². The number of ether oxygens (including phenoxy) is 1. The Morgan fingerprint density at radius 2 is 2.12 bits per heavy atom. The minimum absolute atomic E-state index is 0.219. The molecular weight excluding hydrogens is 275 g/mol. The molecule has 2 aromatic rings. The zero-order valence-electron chi connectivity index (χ0n) is 8.45. The SMILES string of the molecule is COc1nccc(-c2cc(Br)ccc2F)n1. The number of methoxy groups -OCH3 is 1. The van der Waals surface area contributed by atoms with Gasteiger partial charge in [-0.2, -0.15) is 4.98 Å². The molecular formula is C11H8BrFN2O. The van der Waals surface area contributed by atoms with Gasteiger partial charge in [0.05, 0.1) is 12.8 Å². The minimum Gasteiger partial charge on any atom is -0.467 e. The first-order valence-electron chi connectivity index (χ1n) is 4.53. The van der Waals surface area contributed by atoms with Gasteiger partial charge in [0.15, 0.2) is 0 Å². The van der Waals surface area contributed by atoms with Crippen LogP contribution < -0.4 is 4.74 Å². The van der Waals surface area contributed by atoms with E-state index in [1.165, 1.54) is 19.4 Å². The van der Waals surface area contributed by atoms with Crippen molar-refractivity contribution in [2.75, 3.05) is 7.11 Å². The zero-order valence-corrected chi connectivity index (χ0v) is 10.0. The standard InChI is InChI=1S/C11H8BrFN2O/c1-16-11-14-5-4-10(15-11)8-6-7(12)2-3-9(8)13/h2-6H,1H3. The monoisotopic (exact) mass is 282 g/mol. The average Bonchev–Trinajstić information content (AvgIpc) is 2.32. The van der Waals surface area contributed by atoms with Crippen LogP contribution in [0.1, 0.15) is 0 Å². The van der Waals surface area contributed by atoms with Crippen molar-refractivity contribution in [2.45, 2.75) is 0 Å². The Balaban J connectivity index is 2.53. The van der Waals surface area contributed by atoms with Gasteiger partial charge in [0.25, 0.3) is 0 Å². The maximum absolute atomic E-state index is 13.6. The van der Waals surface area contributed by atoms with Crippen LogP contribution in [0, 0.1) is 5.82 Å². The topological polar surface area (TPSA) is 35.0 Å². The number of hydrogen-bond donors (Lipinski definition) is 0. The van der Waals surface area contributed by atoms with Gasteiger partial charge in [0.1, 0.15) is 5.82 Å². The summed E-state index contributed by atoms with van der Waals surface area (Å²) < 4.78 is 19.3. The van der Waals surface area contributed by atoms with Crippen molar-refractivity contribution in [2.24, 2.45) is 0 Å². The predicted octanol–water partition coefficient (Wildman–Crippen LogP) is 3.05. The molecule has 0 spiro atoms. The smallest absolute Gasteiger partial charge is 0.316 e. The van der Waals surface area contributed by atoms with Crippen molar-refractivity contribution < 1.29 is 9.13 Å². The quantitative estimate of drug-likeness (QED) is 0.849. The Labute approximate surface area is 100 Å². The third kappa shape index (κ3) is 2.19. The number of nitrogens with zero attached hydrogens (tertiary/aromatic N) is 2. The van der Waals surface area contributed by atoms with Gasteiger partial charge in [0, 0.05) is 16.2 Å². The van der Waals surface area contributed by atoms with Crippen molar-refractivity contribution in [3.8, 4) is 17.3 Å². The maximum atomic E-state index is 13.6. The van der Waals surface area contributed by atoms with Gasteiger partial charge in [-0.05, 0) is 24.3 Å². The summed E-state index contributed by atoms with van der Waals surface area (Å²) in [6, 6.07) is 6.53. The number of halogens is 2. The van der Waals surface area contributed by atoms with E-state index in [4.69, 9.17) is 4.74 Å². The molecule has 0 saturated heterocycles. The molecule has 82 valence electrons. The molecule has 0 radical (unpaired) electrons. The van der Waals surface area contributed by atoms with E-state index in [9.17, 15) is 4.39 Å². The van der Waals surface area contributed by atoms with E-state index in [1.54, 1.807) is 18.2 Å². The molecule has 0 aliphatic carbocycles. The molecule has 0 saturated carbocycles. The summed E-state index contributed by atoms with van der Waals surface area (Å²) >= 11 is 3.29. The van der Waals surface area contributed by atoms with Gasteiger partial charge in [-0.1, -0.05) is 15.9 Å². The molecule has 1 heterocycles. The summed E-state index contributed by atoms with van der Waals surface area (Å²) in [7, 11) is 1.47. The van der Waals surface area contributed by atoms with Crippen LogP contribution in [0.5, 0.6) is 6.01 Å². The molecule has 3 nitrogen and oxygen atoms in total. The normalized spacial score (nSPS) is 10.2. The predicted molar refractivity (Wildman–Crippen MR) is 61.7 cm³/mol. The Kier molecular flexibility index (Phi) is 3.14. The van der Waals surface area contributed by atoms with Crippen molar-refractivity contribution in [1.29, 1.82) is 0 Å². The number of aromatic nitrogens is 2. The fourth-order valence-electron chi connectivity index (χ4n) is 1.28. The molecule has 0 aliphatic heterocycles. The first kappa shape index (κ1) is 11.0. The van der Waals surface area contributed by atoms with Crippen molar-refractivity contribution >= 4 is 15.9 Å². The van der Waals surface area contributed by atoms with Gasteiger partial charge < -0.3 is 4.74 Å². The van der Waals surface area contributed by atoms with E-state index in [0.29, 0.717) is 11.3 Å². The molecule has 2 rings (SSSR count). The van der Waals surface area contributed by atoms with Crippen LogP contribution in [-0.4, -0.2) is 17.1 Å². The van der Waals surface area contributed by atoms with Crippen LogP contribution in [0.15, 0.2) is 34.9 Å². The summed E-state index contributed by atoms with van der Waals surface area (Å²) in [6.07, 6.45) is 1.53. The highest BCUT2D eigenvalue weighted by Gasteiger charge is 2.08. The van der Waals surface area contributed by atoms with E-state index < -0.39 is 0 Å². The van der Waals surface area contributed by atoms with Crippen molar-refractivity contribution in [3.05, 3.63) is 40.8 Å². The number of hydrogen-bond acceptors (Lipinski definition) is 3. The molecule has 0 amide bonds. The number of rotatable bonds is 2. The molecule has 0 unspecified atom stereocenters. The van der Waals surface area contributed by atoms with E-state index in [2.05, 4.69) is 25.9 Å². The molecule has 5 heteroatoms. The fourth-order valence-corrected chi connectivity index (χ4v) is 1.64. The van der Waals surface area contributed by atoms with Crippen LogP contribution in [-0.2, 0) is 0 Å². The average molecular weight is 283 g/mol. The zero-order chi connectivity index (χ0) is 11.5. The first-order valence-corrected chi connectivity index (χ1v) is 5.32. The lowest BCUT2D eigenvalue weighted by molar-refractivity contribution is 0.380. The molecule has 16 heavy (non-hydrogen) atoms. The summed E-state index contributed by atoms with van der Waals surface area (Å²) in [6.45, 7) is 0. The highest BCUT2D eigenvalue weighted by Crippen LogP contribution is 2.25. The lowest BCUT2D eigenvalue weighted by atomic mass is 10.1. The Bertz CT molecular complexity index is 519. The molecule has 0 fully saturated rings. The largest absolute Gasteiger partial charge is 0.467 e. The van der Waals surface area contributed by atoms with E-state index in [-0.39, 0.29) is 11.8 Å². The second-order valence-electron chi connectivity index (χ2n) is 3.05. The third-order valence-electron chi connectivity index (χ3n) is 2.02. The van der Waals surface area contributed by atoms with Crippen LogP contribution in [0.4, 0.5) is 4.39 Å². The molecule has 1 aromatic heterocycles. The van der Waals surface area contributed by atoms with Crippen molar-refractivity contribution in [1.82, 2.24) is 9.97 Å². The Hall–Kier alpha value is -1.49. The molecule has 0 bridgehead atoms. The van der Waals surface area contributed by atoms with E-state index in [1.807, 2.05) is 0 Å². The lowest BCUT2D eigenvalue weighted by Crippen LogP contribution is -1.94. The van der Waals surface area contributed by atoms with Gasteiger partial charge in [-0.15, -0.1) is 0 Å².